The third kappa shape index (κ3) is 2.75. The number of aromatic nitrogens is 1. The van der Waals surface area contributed by atoms with Gasteiger partial charge in [0, 0.05) is 24.2 Å². The topological polar surface area (TPSA) is 48.1 Å². The molecule has 17 heavy (non-hydrogen) atoms. The van der Waals surface area contributed by atoms with Crippen LogP contribution in [-0.2, 0) is 5.67 Å². The molecule has 0 aliphatic heterocycles. The first-order chi connectivity index (χ1) is 8.14. The van der Waals surface area contributed by atoms with Gasteiger partial charge in [0.2, 0.25) is 0 Å². The lowest BCUT2D eigenvalue weighted by atomic mass is 9.79. The molecule has 1 aliphatic rings. The first kappa shape index (κ1) is 12.3. The minimum atomic E-state index is -1.34. The molecule has 2 N–H and O–H groups in total. The normalized spacial score (nSPS) is 29.0. The molecule has 0 radical (unpaired) electrons. The fourth-order valence-corrected chi connectivity index (χ4v) is 2.44. The molecule has 4 heteroatoms. The number of ether oxygens (including phenoxy) is 1. The largest absolute Gasteiger partial charge is 0.492 e. The minimum absolute atomic E-state index is 0.0514. The first-order valence-corrected chi connectivity index (χ1v) is 6.17. The van der Waals surface area contributed by atoms with Crippen LogP contribution in [0.15, 0.2) is 18.5 Å². The predicted molar refractivity (Wildman–Crippen MR) is 64.6 cm³/mol. The highest BCUT2D eigenvalue weighted by Gasteiger charge is 2.37. The molecule has 1 saturated carbocycles. The van der Waals surface area contributed by atoms with Crippen LogP contribution in [0.1, 0.15) is 38.2 Å². The van der Waals surface area contributed by atoms with Gasteiger partial charge in [-0.15, -0.1) is 0 Å². The molecule has 0 bridgehead atoms. The summed E-state index contributed by atoms with van der Waals surface area (Å²) in [5.41, 5.74) is 5.11. The van der Waals surface area contributed by atoms with E-state index >= 15 is 0 Å². The van der Waals surface area contributed by atoms with Crippen molar-refractivity contribution >= 4 is 0 Å². The van der Waals surface area contributed by atoms with Gasteiger partial charge >= 0.3 is 0 Å². The summed E-state index contributed by atoms with van der Waals surface area (Å²) in [7, 11) is 0. The van der Waals surface area contributed by atoms with E-state index in [0.29, 0.717) is 30.8 Å². The van der Waals surface area contributed by atoms with E-state index in [2.05, 4.69) is 4.98 Å². The van der Waals surface area contributed by atoms with Crippen LogP contribution in [-0.4, -0.2) is 17.6 Å². The van der Waals surface area contributed by atoms with Crippen LogP contribution in [0.4, 0.5) is 4.39 Å². The summed E-state index contributed by atoms with van der Waals surface area (Å²) >= 11 is 0. The van der Waals surface area contributed by atoms with Gasteiger partial charge in [0.05, 0.1) is 12.8 Å². The highest BCUT2D eigenvalue weighted by atomic mass is 19.1. The average molecular weight is 238 g/mol. The molecule has 94 valence electrons. The Kier molecular flexibility index (Phi) is 3.62. The van der Waals surface area contributed by atoms with Gasteiger partial charge in [-0.2, -0.15) is 0 Å². The molecule has 2 rings (SSSR count). The standard InChI is InChI=1S/C13H19FN2O/c1-2-17-12-6-10(8-16-9-12)13(14)5-3-4-11(15)7-13/h6,8-9,11H,2-5,7,15H2,1H3. The SMILES string of the molecule is CCOc1cncc(C2(F)CCCC(N)C2)c1. The summed E-state index contributed by atoms with van der Waals surface area (Å²) in [6, 6.07) is 1.69. The predicted octanol–water partition coefficient (Wildman–Crippen LogP) is 2.55. The number of hydrogen-bond donors (Lipinski definition) is 1. The Morgan fingerprint density at radius 2 is 2.41 bits per heavy atom. The van der Waals surface area contributed by atoms with Crippen LogP contribution in [0.5, 0.6) is 5.75 Å². The molecule has 0 aromatic carbocycles. The third-order valence-corrected chi connectivity index (χ3v) is 3.28. The van der Waals surface area contributed by atoms with Gasteiger partial charge in [0.15, 0.2) is 0 Å². The molecule has 1 fully saturated rings. The molecule has 0 saturated heterocycles. The van der Waals surface area contributed by atoms with Crippen LogP contribution in [0.25, 0.3) is 0 Å². The van der Waals surface area contributed by atoms with Gasteiger partial charge in [-0.25, -0.2) is 4.39 Å². The lowest BCUT2D eigenvalue weighted by Gasteiger charge is -2.33. The van der Waals surface area contributed by atoms with Crippen molar-refractivity contribution in [2.45, 2.75) is 44.3 Å². The Labute approximate surface area is 101 Å². The average Bonchev–Trinajstić information content (AvgIpc) is 2.29. The van der Waals surface area contributed by atoms with E-state index in [-0.39, 0.29) is 6.04 Å². The number of halogens is 1. The van der Waals surface area contributed by atoms with Crippen LogP contribution in [0, 0.1) is 0 Å². The molecule has 1 heterocycles. The van der Waals surface area contributed by atoms with Gasteiger partial charge < -0.3 is 10.5 Å². The van der Waals surface area contributed by atoms with Crippen molar-refractivity contribution in [3.05, 3.63) is 24.0 Å². The first-order valence-electron chi connectivity index (χ1n) is 6.17. The zero-order valence-corrected chi connectivity index (χ0v) is 10.2. The molecular formula is C13H19FN2O. The molecule has 0 amide bonds. The maximum Gasteiger partial charge on any atom is 0.139 e. The van der Waals surface area contributed by atoms with Gasteiger partial charge in [-0.1, -0.05) is 0 Å². The van der Waals surface area contributed by atoms with E-state index < -0.39 is 5.67 Å². The lowest BCUT2D eigenvalue weighted by Crippen LogP contribution is -2.36. The minimum Gasteiger partial charge on any atom is -0.492 e. The zero-order valence-electron chi connectivity index (χ0n) is 10.2. The number of rotatable bonds is 3. The number of nitrogens with two attached hydrogens (primary N) is 1. The van der Waals surface area contributed by atoms with Crippen molar-refractivity contribution in [1.29, 1.82) is 0 Å². The maximum absolute atomic E-state index is 14.8. The fraction of sp³-hybridized carbons (Fsp3) is 0.615. The third-order valence-electron chi connectivity index (χ3n) is 3.28. The molecule has 2 unspecified atom stereocenters. The Morgan fingerprint density at radius 1 is 1.59 bits per heavy atom. The van der Waals surface area contributed by atoms with Crippen molar-refractivity contribution in [1.82, 2.24) is 4.98 Å². The summed E-state index contributed by atoms with van der Waals surface area (Å²) < 4.78 is 20.1. The highest BCUT2D eigenvalue weighted by Crippen LogP contribution is 2.40. The van der Waals surface area contributed by atoms with Gasteiger partial charge in [-0.3, -0.25) is 4.98 Å². The Balaban J connectivity index is 2.22. The molecule has 1 aliphatic carbocycles. The second kappa shape index (κ2) is 5.00. The molecular weight excluding hydrogens is 219 g/mol. The number of alkyl halides is 1. The van der Waals surface area contributed by atoms with Crippen LogP contribution in [0.2, 0.25) is 0 Å². The van der Waals surface area contributed by atoms with Crippen molar-refractivity contribution in [3.63, 3.8) is 0 Å². The molecule has 2 atom stereocenters. The number of pyridine rings is 1. The van der Waals surface area contributed by atoms with Crippen LogP contribution < -0.4 is 10.5 Å². The van der Waals surface area contributed by atoms with Crippen LogP contribution >= 0.6 is 0 Å². The smallest absolute Gasteiger partial charge is 0.139 e. The quantitative estimate of drug-likeness (QED) is 0.880. The van der Waals surface area contributed by atoms with Crippen LogP contribution in [0.3, 0.4) is 0 Å². The second-order valence-corrected chi connectivity index (χ2v) is 4.66. The number of nitrogens with zero attached hydrogens (tertiary/aromatic N) is 1. The number of hydrogen-bond acceptors (Lipinski definition) is 3. The highest BCUT2D eigenvalue weighted by molar-refractivity contribution is 5.29. The summed E-state index contributed by atoms with van der Waals surface area (Å²) in [6.45, 7) is 2.46. The van der Waals surface area contributed by atoms with E-state index in [4.69, 9.17) is 10.5 Å². The van der Waals surface area contributed by atoms with Crippen molar-refractivity contribution in [2.75, 3.05) is 6.61 Å². The van der Waals surface area contributed by atoms with E-state index in [1.54, 1.807) is 18.5 Å². The van der Waals surface area contributed by atoms with Gasteiger partial charge in [0.1, 0.15) is 11.4 Å². The summed E-state index contributed by atoms with van der Waals surface area (Å²) in [6.07, 6.45) is 5.84. The van der Waals surface area contributed by atoms with Crippen molar-refractivity contribution < 1.29 is 9.13 Å². The Hall–Kier alpha value is -1.16. The molecule has 1 aromatic heterocycles. The summed E-state index contributed by atoms with van der Waals surface area (Å²) in [4.78, 5) is 4.04. The summed E-state index contributed by atoms with van der Waals surface area (Å²) in [5, 5.41) is 0. The van der Waals surface area contributed by atoms with Gasteiger partial charge in [0.25, 0.3) is 0 Å². The zero-order chi connectivity index (χ0) is 12.3. The van der Waals surface area contributed by atoms with Gasteiger partial charge in [-0.05, 0) is 32.3 Å². The van der Waals surface area contributed by atoms with E-state index in [1.165, 1.54) is 0 Å². The Bertz CT molecular complexity index is 385. The molecule has 3 nitrogen and oxygen atoms in total. The summed E-state index contributed by atoms with van der Waals surface area (Å²) in [5.74, 6) is 0.626. The van der Waals surface area contributed by atoms with E-state index in [9.17, 15) is 4.39 Å². The van der Waals surface area contributed by atoms with Crippen molar-refractivity contribution in [2.24, 2.45) is 5.73 Å². The van der Waals surface area contributed by atoms with E-state index in [1.807, 2.05) is 6.92 Å². The van der Waals surface area contributed by atoms with Crippen molar-refractivity contribution in [3.8, 4) is 5.75 Å². The second-order valence-electron chi connectivity index (χ2n) is 4.66. The molecule has 1 aromatic rings. The fourth-order valence-electron chi connectivity index (χ4n) is 2.44. The Morgan fingerprint density at radius 3 is 3.12 bits per heavy atom. The van der Waals surface area contributed by atoms with E-state index in [0.717, 1.165) is 12.8 Å². The monoisotopic (exact) mass is 238 g/mol. The lowest BCUT2D eigenvalue weighted by molar-refractivity contribution is 0.0940. The maximum atomic E-state index is 14.8. The molecule has 0 spiro atoms.